The van der Waals surface area contributed by atoms with Crippen LogP contribution in [0.1, 0.15) is 27.0 Å². The zero-order chi connectivity index (χ0) is 24.4. The van der Waals surface area contributed by atoms with Crippen molar-refractivity contribution in [3.8, 4) is 11.1 Å². The molecule has 2 N–H and O–H groups in total. The van der Waals surface area contributed by atoms with Crippen LogP contribution in [0.5, 0.6) is 0 Å². The van der Waals surface area contributed by atoms with E-state index in [0.29, 0.717) is 26.7 Å². The molecule has 1 aromatic heterocycles. The molecular formula is C24H24BrN3O5. The molecule has 0 saturated heterocycles. The summed E-state index contributed by atoms with van der Waals surface area (Å²) in [4.78, 5) is 49.2. The number of carbonyl (C=O) groups excluding carboxylic acids is 1. The van der Waals surface area contributed by atoms with Crippen LogP contribution in [0.2, 0.25) is 0 Å². The monoisotopic (exact) mass is 513 g/mol. The van der Waals surface area contributed by atoms with Gasteiger partial charge < -0.3 is 15.0 Å². The van der Waals surface area contributed by atoms with Gasteiger partial charge in [-0.15, -0.1) is 0 Å². The van der Waals surface area contributed by atoms with Crippen molar-refractivity contribution in [2.75, 3.05) is 0 Å². The number of carboxylic acids is 1. The van der Waals surface area contributed by atoms with Gasteiger partial charge in [0.05, 0.1) is 11.1 Å². The molecule has 1 amide bonds. The van der Waals surface area contributed by atoms with Crippen molar-refractivity contribution in [2.45, 2.75) is 26.3 Å². The fraction of sp³-hybridized carbons (Fsp3) is 0.250. The zero-order valence-electron chi connectivity index (χ0n) is 18.7. The van der Waals surface area contributed by atoms with Gasteiger partial charge in [0.2, 0.25) is 0 Å². The summed E-state index contributed by atoms with van der Waals surface area (Å²) in [5.41, 5.74) is 2.75. The first-order valence-electron chi connectivity index (χ1n) is 10.2. The van der Waals surface area contributed by atoms with Crippen LogP contribution in [-0.2, 0) is 25.3 Å². The fourth-order valence-corrected chi connectivity index (χ4v) is 4.38. The Balaban J connectivity index is 1.89. The van der Waals surface area contributed by atoms with E-state index < -0.39 is 29.2 Å². The normalized spacial score (nSPS) is 11.8. The minimum absolute atomic E-state index is 0.0664. The zero-order valence-corrected chi connectivity index (χ0v) is 20.3. The Morgan fingerprint density at radius 3 is 2.36 bits per heavy atom. The van der Waals surface area contributed by atoms with Gasteiger partial charge in [0.1, 0.15) is 6.04 Å². The van der Waals surface area contributed by atoms with E-state index >= 15 is 0 Å². The number of amides is 1. The SMILES string of the molecule is Cc1cc(C[C@H](NC(=O)c2c(C)cccc2Br)C(=O)O)ccc1-c1cn(C)c(=O)n(C)c1=O. The standard InChI is InChI=1S/C24H24BrN3O5/c1-13-6-5-7-18(25)20(13)21(29)26-19(23(31)32)11-15-8-9-16(14(2)10-15)17-12-27(3)24(33)28(4)22(17)30/h5-10,12,19H,11H2,1-4H3,(H,26,29)(H,31,32)/t19-/m0/s1. The maximum atomic E-state index is 12.8. The Bertz CT molecular complexity index is 1350. The van der Waals surface area contributed by atoms with Gasteiger partial charge >= 0.3 is 11.7 Å². The summed E-state index contributed by atoms with van der Waals surface area (Å²) in [6, 6.07) is 9.40. The van der Waals surface area contributed by atoms with Crippen molar-refractivity contribution in [1.82, 2.24) is 14.5 Å². The summed E-state index contributed by atoms with van der Waals surface area (Å²) >= 11 is 3.34. The number of aryl methyl sites for hydroxylation is 3. The molecule has 2 aromatic carbocycles. The van der Waals surface area contributed by atoms with Gasteiger partial charge in [-0.1, -0.05) is 30.3 Å². The van der Waals surface area contributed by atoms with Gasteiger partial charge in [-0.25, -0.2) is 9.59 Å². The van der Waals surface area contributed by atoms with Crippen molar-refractivity contribution in [3.63, 3.8) is 0 Å². The summed E-state index contributed by atoms with van der Waals surface area (Å²) in [5, 5.41) is 12.3. The number of benzene rings is 2. The summed E-state index contributed by atoms with van der Waals surface area (Å²) in [7, 11) is 2.99. The predicted octanol–water partition coefficient (Wildman–Crippen LogP) is 2.56. The molecule has 0 aliphatic rings. The average molecular weight is 514 g/mol. The molecule has 0 aliphatic heterocycles. The van der Waals surface area contributed by atoms with Gasteiger partial charge in [-0.05, 0) is 58.1 Å². The highest BCUT2D eigenvalue weighted by atomic mass is 79.9. The molecule has 0 fully saturated rings. The topological polar surface area (TPSA) is 110 Å². The third-order valence-corrected chi connectivity index (χ3v) is 6.18. The lowest BCUT2D eigenvalue weighted by Gasteiger charge is -2.17. The molecule has 1 atom stereocenters. The van der Waals surface area contributed by atoms with E-state index in [0.717, 1.165) is 15.7 Å². The molecular weight excluding hydrogens is 490 g/mol. The highest BCUT2D eigenvalue weighted by Crippen LogP contribution is 2.23. The van der Waals surface area contributed by atoms with E-state index in [9.17, 15) is 24.3 Å². The van der Waals surface area contributed by atoms with Crippen molar-refractivity contribution in [1.29, 1.82) is 0 Å². The molecule has 0 radical (unpaired) electrons. The van der Waals surface area contributed by atoms with Gasteiger partial charge in [0.25, 0.3) is 11.5 Å². The minimum Gasteiger partial charge on any atom is -0.480 e. The van der Waals surface area contributed by atoms with Gasteiger partial charge in [0, 0.05) is 31.2 Å². The number of carboxylic acid groups (broad SMARTS) is 1. The highest BCUT2D eigenvalue weighted by Gasteiger charge is 2.23. The minimum atomic E-state index is -1.15. The largest absolute Gasteiger partial charge is 0.480 e. The molecule has 33 heavy (non-hydrogen) atoms. The first-order valence-corrected chi connectivity index (χ1v) is 11.0. The first-order chi connectivity index (χ1) is 15.5. The summed E-state index contributed by atoms with van der Waals surface area (Å²) in [6.45, 7) is 3.59. The Morgan fingerprint density at radius 2 is 1.76 bits per heavy atom. The lowest BCUT2D eigenvalue weighted by molar-refractivity contribution is -0.139. The second kappa shape index (κ2) is 9.58. The number of hydrogen-bond acceptors (Lipinski definition) is 4. The van der Waals surface area contributed by atoms with Crippen LogP contribution in [0.25, 0.3) is 11.1 Å². The molecule has 0 aliphatic carbocycles. The van der Waals surface area contributed by atoms with Crippen LogP contribution in [0.15, 0.2) is 56.7 Å². The molecule has 0 bridgehead atoms. The number of nitrogens with one attached hydrogen (secondary N) is 1. The number of hydrogen-bond donors (Lipinski definition) is 2. The van der Waals surface area contributed by atoms with E-state index in [-0.39, 0.29) is 6.42 Å². The van der Waals surface area contributed by atoms with Crippen molar-refractivity contribution >= 4 is 27.8 Å². The Morgan fingerprint density at radius 1 is 1.06 bits per heavy atom. The molecule has 1 heterocycles. The summed E-state index contributed by atoms with van der Waals surface area (Å²) < 4.78 is 2.97. The van der Waals surface area contributed by atoms with Gasteiger partial charge in [-0.2, -0.15) is 0 Å². The van der Waals surface area contributed by atoms with E-state index in [1.165, 1.54) is 17.8 Å². The van der Waals surface area contributed by atoms with Gasteiger partial charge in [0.15, 0.2) is 0 Å². The maximum Gasteiger partial charge on any atom is 0.330 e. The van der Waals surface area contributed by atoms with Gasteiger partial charge in [-0.3, -0.25) is 14.2 Å². The molecule has 3 aromatic rings. The highest BCUT2D eigenvalue weighted by molar-refractivity contribution is 9.10. The van der Waals surface area contributed by atoms with Crippen molar-refractivity contribution < 1.29 is 14.7 Å². The van der Waals surface area contributed by atoms with E-state index in [1.807, 2.05) is 6.92 Å². The van der Waals surface area contributed by atoms with Crippen LogP contribution in [-0.4, -0.2) is 32.2 Å². The molecule has 8 nitrogen and oxygen atoms in total. The van der Waals surface area contributed by atoms with E-state index in [1.54, 1.807) is 50.4 Å². The molecule has 0 spiro atoms. The van der Waals surface area contributed by atoms with Crippen LogP contribution >= 0.6 is 15.9 Å². The second-order valence-corrected chi connectivity index (χ2v) is 8.80. The molecule has 3 rings (SSSR count). The Labute approximate surface area is 198 Å². The van der Waals surface area contributed by atoms with E-state index in [2.05, 4.69) is 21.2 Å². The summed E-state index contributed by atoms with van der Waals surface area (Å²) in [5.74, 6) is -1.63. The Hall–Kier alpha value is -3.46. The second-order valence-electron chi connectivity index (χ2n) is 7.95. The summed E-state index contributed by atoms with van der Waals surface area (Å²) in [6.07, 6.45) is 1.56. The van der Waals surface area contributed by atoms with Crippen LogP contribution < -0.4 is 16.6 Å². The molecule has 172 valence electrons. The maximum absolute atomic E-state index is 12.8. The number of carbonyl (C=O) groups is 2. The number of aliphatic carboxylic acids is 1. The number of halogens is 1. The predicted molar refractivity (Wildman–Crippen MR) is 129 cm³/mol. The Kier molecular flexibility index (Phi) is 7.02. The third-order valence-electron chi connectivity index (χ3n) is 5.52. The molecule has 0 saturated carbocycles. The quantitative estimate of drug-likeness (QED) is 0.526. The van der Waals surface area contributed by atoms with Crippen molar-refractivity contribution in [3.05, 3.63) is 90.2 Å². The number of nitrogens with zero attached hydrogens (tertiary/aromatic N) is 2. The lowest BCUT2D eigenvalue weighted by atomic mass is 9.97. The molecule has 0 unspecified atom stereocenters. The van der Waals surface area contributed by atoms with E-state index in [4.69, 9.17) is 0 Å². The van der Waals surface area contributed by atoms with Crippen LogP contribution in [0.3, 0.4) is 0 Å². The molecule has 9 heteroatoms. The fourth-order valence-electron chi connectivity index (χ4n) is 3.73. The van der Waals surface area contributed by atoms with Crippen molar-refractivity contribution in [2.24, 2.45) is 14.1 Å². The smallest absolute Gasteiger partial charge is 0.330 e. The lowest BCUT2D eigenvalue weighted by Crippen LogP contribution is -2.42. The van der Waals surface area contributed by atoms with Crippen LogP contribution in [0, 0.1) is 13.8 Å². The number of rotatable bonds is 6. The number of aromatic nitrogens is 2. The average Bonchev–Trinajstić information content (AvgIpc) is 2.74. The van der Waals surface area contributed by atoms with Crippen LogP contribution in [0.4, 0.5) is 0 Å². The first kappa shape index (κ1) is 24.2. The third kappa shape index (κ3) is 4.98.